The lowest BCUT2D eigenvalue weighted by Gasteiger charge is -2.29. The number of esters is 1. The molecule has 0 bridgehead atoms. The van der Waals surface area contributed by atoms with E-state index in [0.717, 1.165) is 12.1 Å². The first-order valence-electron chi connectivity index (χ1n) is 9.24. The first kappa shape index (κ1) is 21.5. The third kappa shape index (κ3) is 4.51. The molecule has 158 valence electrons. The summed E-state index contributed by atoms with van der Waals surface area (Å²) in [5, 5.41) is 5.07. The molecule has 0 fully saturated rings. The van der Waals surface area contributed by atoms with E-state index in [4.69, 9.17) is 4.74 Å². The van der Waals surface area contributed by atoms with Crippen molar-refractivity contribution in [1.29, 1.82) is 0 Å². The predicted molar refractivity (Wildman–Crippen MR) is 108 cm³/mol. The molecule has 1 atom stereocenters. The van der Waals surface area contributed by atoms with Crippen molar-refractivity contribution in [3.05, 3.63) is 76.7 Å². The van der Waals surface area contributed by atoms with Gasteiger partial charge in [-0.05, 0) is 43.2 Å². The van der Waals surface area contributed by atoms with Gasteiger partial charge < -0.3 is 15.4 Å². The van der Waals surface area contributed by atoms with Crippen LogP contribution in [0.25, 0.3) is 0 Å². The first-order chi connectivity index (χ1) is 14.2. The Labute approximate surface area is 173 Å². The highest BCUT2D eigenvalue weighted by Gasteiger charge is 2.35. The highest BCUT2D eigenvalue weighted by Crippen LogP contribution is 2.29. The van der Waals surface area contributed by atoms with E-state index in [1.54, 1.807) is 37.3 Å². The van der Waals surface area contributed by atoms with Crippen LogP contribution in [0.15, 0.2) is 64.7 Å². The summed E-state index contributed by atoms with van der Waals surface area (Å²) >= 11 is 0. The molecule has 0 saturated heterocycles. The zero-order valence-electron chi connectivity index (χ0n) is 16.4. The molecule has 1 aliphatic rings. The van der Waals surface area contributed by atoms with Gasteiger partial charge in [-0.25, -0.2) is 22.4 Å². The lowest BCUT2D eigenvalue weighted by Crippen LogP contribution is -2.47. The first-order valence-corrected chi connectivity index (χ1v) is 10.9. The fraction of sp³-hybridized carbons (Fsp3) is 0.238. The average Bonchev–Trinajstić information content (AvgIpc) is 2.70. The van der Waals surface area contributed by atoms with Gasteiger partial charge >= 0.3 is 12.0 Å². The molecule has 9 heteroatoms. The number of halogens is 1. The smallest absolute Gasteiger partial charge is 0.338 e. The van der Waals surface area contributed by atoms with E-state index in [1.807, 2.05) is 0 Å². The SMILES string of the molecule is CCOC(=O)C1=C(CS(=O)(=O)c2ccc(F)c(C)c2)NC(=O)NC1c1ccccc1. The minimum atomic E-state index is -3.98. The maximum Gasteiger partial charge on any atom is 0.338 e. The molecule has 0 aromatic heterocycles. The molecule has 2 N–H and O–H groups in total. The topological polar surface area (TPSA) is 102 Å². The van der Waals surface area contributed by atoms with Gasteiger partial charge in [0, 0.05) is 5.70 Å². The maximum atomic E-state index is 13.6. The maximum absolute atomic E-state index is 13.6. The molecule has 2 aromatic carbocycles. The predicted octanol–water partition coefficient (Wildman–Crippen LogP) is 2.78. The number of rotatable bonds is 6. The minimum absolute atomic E-state index is 0.00468. The van der Waals surface area contributed by atoms with E-state index in [1.165, 1.54) is 13.0 Å². The number of sulfone groups is 1. The van der Waals surface area contributed by atoms with Crippen LogP contribution in [-0.4, -0.2) is 32.8 Å². The van der Waals surface area contributed by atoms with Gasteiger partial charge in [0.1, 0.15) is 5.82 Å². The van der Waals surface area contributed by atoms with Gasteiger partial charge in [-0.1, -0.05) is 30.3 Å². The Bertz CT molecular complexity index is 1110. The normalized spacial score (nSPS) is 16.6. The number of carbonyl (C=O) groups excluding carboxylic acids is 2. The fourth-order valence-electron chi connectivity index (χ4n) is 3.16. The summed E-state index contributed by atoms with van der Waals surface area (Å²) < 4.78 is 44.6. The van der Waals surface area contributed by atoms with Crippen LogP contribution in [0, 0.1) is 12.7 Å². The molecule has 0 spiro atoms. The van der Waals surface area contributed by atoms with Crippen molar-refractivity contribution >= 4 is 21.8 Å². The Kier molecular flexibility index (Phi) is 6.21. The van der Waals surface area contributed by atoms with Gasteiger partial charge in [-0.2, -0.15) is 0 Å². The molecule has 1 aliphatic heterocycles. The van der Waals surface area contributed by atoms with Crippen molar-refractivity contribution in [1.82, 2.24) is 10.6 Å². The monoisotopic (exact) mass is 432 g/mol. The summed E-state index contributed by atoms with van der Waals surface area (Å²) in [6.07, 6.45) is 0. The van der Waals surface area contributed by atoms with Crippen molar-refractivity contribution < 1.29 is 27.1 Å². The van der Waals surface area contributed by atoms with Crippen molar-refractivity contribution in [2.45, 2.75) is 24.8 Å². The van der Waals surface area contributed by atoms with E-state index in [-0.39, 0.29) is 28.3 Å². The quantitative estimate of drug-likeness (QED) is 0.540. The van der Waals surface area contributed by atoms with Crippen molar-refractivity contribution in [2.24, 2.45) is 0 Å². The van der Waals surface area contributed by atoms with Gasteiger partial charge in [-0.15, -0.1) is 0 Å². The zero-order valence-corrected chi connectivity index (χ0v) is 17.3. The van der Waals surface area contributed by atoms with Gasteiger partial charge in [0.05, 0.1) is 28.9 Å². The number of urea groups is 1. The van der Waals surface area contributed by atoms with Gasteiger partial charge in [0.25, 0.3) is 0 Å². The second-order valence-electron chi connectivity index (χ2n) is 6.72. The Morgan fingerprint density at radius 2 is 1.87 bits per heavy atom. The van der Waals surface area contributed by atoms with Crippen LogP contribution < -0.4 is 10.6 Å². The molecule has 0 radical (unpaired) electrons. The summed E-state index contributed by atoms with van der Waals surface area (Å²) in [5.41, 5.74) is 0.702. The average molecular weight is 432 g/mol. The fourth-order valence-corrected chi connectivity index (χ4v) is 4.57. The summed E-state index contributed by atoms with van der Waals surface area (Å²) in [4.78, 5) is 24.8. The van der Waals surface area contributed by atoms with Gasteiger partial charge in [0.15, 0.2) is 9.84 Å². The van der Waals surface area contributed by atoms with Crippen LogP contribution in [0.4, 0.5) is 9.18 Å². The second kappa shape index (κ2) is 8.66. The number of ether oxygens (including phenoxy) is 1. The molecular formula is C21H21FN2O5S. The van der Waals surface area contributed by atoms with Crippen LogP contribution >= 0.6 is 0 Å². The molecule has 0 aliphatic carbocycles. The molecule has 0 saturated carbocycles. The lowest BCUT2D eigenvalue weighted by atomic mass is 9.95. The Morgan fingerprint density at radius 3 is 2.50 bits per heavy atom. The largest absolute Gasteiger partial charge is 0.463 e. The van der Waals surface area contributed by atoms with E-state index >= 15 is 0 Å². The number of nitrogens with one attached hydrogen (secondary N) is 2. The summed E-state index contributed by atoms with van der Waals surface area (Å²) in [6.45, 7) is 3.16. The number of aryl methyl sites for hydroxylation is 1. The zero-order chi connectivity index (χ0) is 21.9. The lowest BCUT2D eigenvalue weighted by molar-refractivity contribution is -0.139. The number of carbonyl (C=O) groups is 2. The molecule has 1 heterocycles. The van der Waals surface area contributed by atoms with Crippen LogP contribution in [0.3, 0.4) is 0 Å². The Balaban J connectivity index is 2.09. The standard InChI is InChI=1S/C21H21FN2O5S/c1-3-29-20(25)18-17(12-30(27,28)15-9-10-16(22)13(2)11-15)23-21(26)24-19(18)14-7-5-4-6-8-14/h4-11,19H,3,12H2,1-2H3,(H2,23,24,26). The third-order valence-corrected chi connectivity index (χ3v) is 6.25. The molecule has 30 heavy (non-hydrogen) atoms. The van der Waals surface area contributed by atoms with E-state index in [9.17, 15) is 22.4 Å². The third-order valence-electron chi connectivity index (χ3n) is 4.60. The molecule has 1 unspecified atom stereocenters. The molecule has 2 amide bonds. The van der Waals surface area contributed by atoms with Crippen LogP contribution in [-0.2, 0) is 19.4 Å². The highest BCUT2D eigenvalue weighted by atomic mass is 32.2. The van der Waals surface area contributed by atoms with E-state index < -0.39 is 39.4 Å². The minimum Gasteiger partial charge on any atom is -0.463 e. The van der Waals surface area contributed by atoms with E-state index in [2.05, 4.69) is 10.6 Å². The number of benzene rings is 2. The molecular weight excluding hydrogens is 411 g/mol. The van der Waals surface area contributed by atoms with Crippen molar-refractivity contribution in [3.8, 4) is 0 Å². The van der Waals surface area contributed by atoms with Gasteiger partial charge in [0.2, 0.25) is 0 Å². The second-order valence-corrected chi connectivity index (χ2v) is 8.71. The molecule has 3 rings (SSSR count). The van der Waals surface area contributed by atoms with Crippen LogP contribution in [0.2, 0.25) is 0 Å². The van der Waals surface area contributed by atoms with Crippen LogP contribution in [0.5, 0.6) is 0 Å². The van der Waals surface area contributed by atoms with Crippen LogP contribution in [0.1, 0.15) is 24.1 Å². The highest BCUT2D eigenvalue weighted by molar-refractivity contribution is 7.91. The number of hydrogen-bond donors (Lipinski definition) is 2. The molecule has 7 nitrogen and oxygen atoms in total. The summed E-state index contributed by atoms with van der Waals surface area (Å²) in [5.74, 6) is -1.91. The van der Waals surface area contributed by atoms with Crippen molar-refractivity contribution in [3.63, 3.8) is 0 Å². The van der Waals surface area contributed by atoms with Gasteiger partial charge in [-0.3, -0.25) is 0 Å². The Hall–Kier alpha value is -3.20. The van der Waals surface area contributed by atoms with E-state index in [0.29, 0.717) is 5.56 Å². The van der Waals surface area contributed by atoms with Crippen molar-refractivity contribution in [2.75, 3.05) is 12.4 Å². The molecule has 2 aromatic rings. The number of amides is 2. The summed E-state index contributed by atoms with van der Waals surface area (Å²) in [6, 6.07) is 10.6. The summed E-state index contributed by atoms with van der Waals surface area (Å²) in [7, 11) is -3.98. The Morgan fingerprint density at radius 1 is 1.17 bits per heavy atom. The number of hydrogen-bond acceptors (Lipinski definition) is 5.